The zero-order valence-electron chi connectivity index (χ0n) is 10.3. The lowest BCUT2D eigenvalue weighted by atomic mass is 10.1. The van der Waals surface area contributed by atoms with Crippen molar-refractivity contribution in [2.75, 3.05) is 13.1 Å². The molecule has 1 aromatic carbocycles. The van der Waals surface area contributed by atoms with Crippen molar-refractivity contribution < 1.29 is 17.6 Å². The number of hydrogen-bond acceptors (Lipinski definition) is 2. The molecule has 19 heavy (non-hydrogen) atoms. The van der Waals surface area contributed by atoms with Gasteiger partial charge in [-0.2, -0.15) is 13.2 Å². The molecule has 0 aromatic heterocycles. The lowest BCUT2D eigenvalue weighted by molar-refractivity contribution is -0.146. The Bertz CT molecular complexity index is 460. The van der Waals surface area contributed by atoms with Gasteiger partial charge < -0.3 is 5.73 Å². The molecule has 0 fully saturated rings. The topological polar surface area (TPSA) is 29.3 Å². The van der Waals surface area contributed by atoms with Crippen molar-refractivity contribution in [3.63, 3.8) is 0 Å². The Hall–Kier alpha value is -1.21. The molecular formula is C12H14F4N2S. The van der Waals surface area contributed by atoms with Crippen LogP contribution < -0.4 is 5.73 Å². The van der Waals surface area contributed by atoms with Gasteiger partial charge in [0.2, 0.25) is 0 Å². The van der Waals surface area contributed by atoms with Crippen LogP contribution in [-0.2, 0) is 6.54 Å². The second kappa shape index (κ2) is 6.29. The molecule has 0 bridgehead atoms. The first kappa shape index (κ1) is 15.8. The largest absolute Gasteiger partial charge is 0.401 e. The zero-order valence-corrected chi connectivity index (χ0v) is 11.1. The van der Waals surface area contributed by atoms with E-state index in [1.165, 1.54) is 12.1 Å². The van der Waals surface area contributed by atoms with Gasteiger partial charge in [0.05, 0.1) is 6.54 Å². The van der Waals surface area contributed by atoms with Gasteiger partial charge in [-0.3, -0.25) is 4.90 Å². The Kier molecular flexibility index (Phi) is 5.25. The van der Waals surface area contributed by atoms with E-state index < -0.39 is 18.5 Å². The SMILES string of the molecule is CCN(Cc1cc(F)cc(C(N)=S)c1)CC(F)(F)F. The molecule has 0 aliphatic rings. The summed E-state index contributed by atoms with van der Waals surface area (Å²) in [4.78, 5) is 1.18. The maximum absolute atomic E-state index is 13.3. The van der Waals surface area contributed by atoms with E-state index in [1.807, 2.05) is 0 Å². The van der Waals surface area contributed by atoms with Gasteiger partial charge in [0, 0.05) is 12.1 Å². The van der Waals surface area contributed by atoms with Crippen LogP contribution in [0.15, 0.2) is 18.2 Å². The van der Waals surface area contributed by atoms with Gasteiger partial charge >= 0.3 is 6.18 Å². The van der Waals surface area contributed by atoms with Crippen molar-refractivity contribution in [2.24, 2.45) is 5.73 Å². The minimum Gasteiger partial charge on any atom is -0.389 e. The molecule has 1 aromatic rings. The number of halogens is 4. The van der Waals surface area contributed by atoms with Crippen molar-refractivity contribution in [1.29, 1.82) is 0 Å². The Labute approximate surface area is 114 Å². The first-order chi connectivity index (χ1) is 8.71. The van der Waals surface area contributed by atoms with E-state index in [-0.39, 0.29) is 18.1 Å². The van der Waals surface area contributed by atoms with Crippen LogP contribution in [-0.4, -0.2) is 29.2 Å². The highest BCUT2D eigenvalue weighted by molar-refractivity contribution is 7.80. The van der Waals surface area contributed by atoms with Crippen molar-refractivity contribution in [3.05, 3.63) is 35.1 Å². The van der Waals surface area contributed by atoms with Gasteiger partial charge in [-0.25, -0.2) is 4.39 Å². The highest BCUT2D eigenvalue weighted by Gasteiger charge is 2.30. The molecule has 106 valence electrons. The molecule has 0 radical (unpaired) electrons. The van der Waals surface area contributed by atoms with Crippen molar-refractivity contribution in [1.82, 2.24) is 4.90 Å². The van der Waals surface area contributed by atoms with Gasteiger partial charge in [-0.1, -0.05) is 19.1 Å². The molecule has 0 aliphatic carbocycles. The molecule has 0 spiro atoms. The number of rotatable bonds is 5. The van der Waals surface area contributed by atoms with E-state index >= 15 is 0 Å². The Morgan fingerprint density at radius 1 is 1.32 bits per heavy atom. The maximum Gasteiger partial charge on any atom is 0.401 e. The number of benzene rings is 1. The lowest BCUT2D eigenvalue weighted by Crippen LogP contribution is -2.33. The standard InChI is InChI=1S/C12H14F4N2S/c1-2-18(7-12(14,15)16)6-8-3-9(11(17)19)5-10(13)4-8/h3-5H,2,6-7H2,1H3,(H2,17,19). The fourth-order valence-corrected chi connectivity index (χ4v) is 1.79. The number of nitrogens with zero attached hydrogens (tertiary/aromatic N) is 1. The molecule has 0 saturated carbocycles. The highest BCUT2D eigenvalue weighted by Crippen LogP contribution is 2.19. The number of hydrogen-bond donors (Lipinski definition) is 1. The maximum atomic E-state index is 13.3. The van der Waals surface area contributed by atoms with Crippen LogP contribution >= 0.6 is 12.2 Å². The smallest absolute Gasteiger partial charge is 0.389 e. The number of nitrogens with two attached hydrogens (primary N) is 1. The van der Waals surface area contributed by atoms with E-state index in [0.717, 1.165) is 11.0 Å². The monoisotopic (exact) mass is 294 g/mol. The molecule has 0 amide bonds. The molecule has 0 aliphatic heterocycles. The molecule has 0 saturated heterocycles. The second-order valence-electron chi connectivity index (χ2n) is 4.13. The zero-order chi connectivity index (χ0) is 14.6. The summed E-state index contributed by atoms with van der Waals surface area (Å²) in [6, 6.07) is 3.84. The van der Waals surface area contributed by atoms with Crippen LogP contribution in [0.4, 0.5) is 17.6 Å². The van der Waals surface area contributed by atoms with Gasteiger partial charge in [0.25, 0.3) is 0 Å². The average Bonchev–Trinajstić information content (AvgIpc) is 2.25. The van der Waals surface area contributed by atoms with Crippen LogP contribution in [0.1, 0.15) is 18.1 Å². The van der Waals surface area contributed by atoms with Crippen molar-refractivity contribution >= 4 is 17.2 Å². The van der Waals surface area contributed by atoms with Gasteiger partial charge in [0.15, 0.2) is 0 Å². The fourth-order valence-electron chi connectivity index (χ4n) is 1.68. The predicted octanol–water partition coefficient (Wildman–Crippen LogP) is 2.84. The third-order valence-electron chi connectivity index (χ3n) is 2.50. The first-order valence-corrected chi connectivity index (χ1v) is 6.00. The summed E-state index contributed by atoms with van der Waals surface area (Å²) in [5.41, 5.74) is 6.11. The minimum absolute atomic E-state index is 0.0105. The van der Waals surface area contributed by atoms with Crippen LogP contribution in [0.3, 0.4) is 0 Å². The van der Waals surface area contributed by atoms with Crippen LogP contribution in [0, 0.1) is 5.82 Å². The van der Waals surface area contributed by atoms with Crippen molar-refractivity contribution in [3.8, 4) is 0 Å². The summed E-state index contributed by atoms with van der Waals surface area (Å²) >= 11 is 4.73. The Balaban J connectivity index is 2.88. The summed E-state index contributed by atoms with van der Waals surface area (Å²) < 4.78 is 50.3. The molecule has 0 unspecified atom stereocenters. The fraction of sp³-hybridized carbons (Fsp3) is 0.417. The summed E-state index contributed by atoms with van der Waals surface area (Å²) in [7, 11) is 0. The lowest BCUT2D eigenvalue weighted by Gasteiger charge is -2.22. The third-order valence-corrected chi connectivity index (χ3v) is 2.73. The van der Waals surface area contributed by atoms with Crippen molar-refractivity contribution in [2.45, 2.75) is 19.6 Å². The summed E-state index contributed by atoms with van der Waals surface area (Å²) in [5.74, 6) is -0.566. The molecular weight excluding hydrogens is 280 g/mol. The molecule has 2 N–H and O–H groups in total. The number of thiocarbonyl (C=S) groups is 1. The Morgan fingerprint density at radius 3 is 2.42 bits per heavy atom. The van der Waals surface area contributed by atoms with E-state index in [9.17, 15) is 17.6 Å². The molecule has 2 nitrogen and oxygen atoms in total. The summed E-state index contributed by atoms with van der Waals surface area (Å²) in [5, 5.41) is 0. The first-order valence-electron chi connectivity index (χ1n) is 5.59. The predicted molar refractivity (Wildman–Crippen MR) is 69.3 cm³/mol. The summed E-state index contributed by atoms with van der Waals surface area (Å²) in [6.07, 6.45) is -4.28. The molecule has 1 rings (SSSR count). The highest BCUT2D eigenvalue weighted by atomic mass is 32.1. The van der Waals surface area contributed by atoms with Gasteiger partial charge in [-0.05, 0) is 30.3 Å². The van der Waals surface area contributed by atoms with Gasteiger partial charge in [0.1, 0.15) is 10.8 Å². The van der Waals surface area contributed by atoms with Gasteiger partial charge in [-0.15, -0.1) is 0 Å². The molecule has 7 heteroatoms. The minimum atomic E-state index is -4.28. The van der Waals surface area contributed by atoms with Crippen LogP contribution in [0.2, 0.25) is 0 Å². The third kappa shape index (κ3) is 5.52. The second-order valence-corrected chi connectivity index (χ2v) is 4.57. The quantitative estimate of drug-likeness (QED) is 0.669. The average molecular weight is 294 g/mol. The van der Waals surface area contributed by atoms with Crippen LogP contribution in [0.25, 0.3) is 0 Å². The normalized spacial score (nSPS) is 11.9. The number of alkyl halides is 3. The van der Waals surface area contributed by atoms with E-state index in [1.54, 1.807) is 6.92 Å². The van der Waals surface area contributed by atoms with E-state index in [2.05, 4.69) is 0 Å². The molecule has 0 atom stereocenters. The van der Waals surface area contributed by atoms with E-state index in [0.29, 0.717) is 11.1 Å². The van der Waals surface area contributed by atoms with Crippen LogP contribution in [0.5, 0.6) is 0 Å². The Morgan fingerprint density at radius 2 is 1.95 bits per heavy atom. The summed E-state index contributed by atoms with van der Waals surface area (Å²) in [6.45, 7) is 0.768. The van der Waals surface area contributed by atoms with E-state index in [4.69, 9.17) is 18.0 Å². The molecule has 0 heterocycles.